The SMILES string of the molecule is CNC1(C(=O)OC)CCCC1CCN1CCCC(C)CC1. The predicted molar refractivity (Wildman–Crippen MR) is 85.2 cm³/mol. The zero-order valence-electron chi connectivity index (χ0n) is 14.0. The second-order valence-electron chi connectivity index (χ2n) is 6.97. The van der Waals surface area contributed by atoms with Crippen molar-refractivity contribution >= 4 is 5.97 Å². The summed E-state index contributed by atoms with van der Waals surface area (Å²) >= 11 is 0. The summed E-state index contributed by atoms with van der Waals surface area (Å²) in [6.07, 6.45) is 8.28. The normalized spacial score (nSPS) is 34.6. The van der Waals surface area contributed by atoms with Gasteiger partial charge in [-0.3, -0.25) is 4.79 Å². The van der Waals surface area contributed by atoms with E-state index in [1.807, 2.05) is 7.05 Å². The topological polar surface area (TPSA) is 41.6 Å². The summed E-state index contributed by atoms with van der Waals surface area (Å²) in [4.78, 5) is 14.8. The summed E-state index contributed by atoms with van der Waals surface area (Å²) in [5.74, 6) is 1.21. The average Bonchev–Trinajstić information content (AvgIpc) is 2.81. The van der Waals surface area contributed by atoms with E-state index in [0.29, 0.717) is 5.92 Å². The Morgan fingerprint density at radius 1 is 1.29 bits per heavy atom. The van der Waals surface area contributed by atoms with Crippen LogP contribution in [0.25, 0.3) is 0 Å². The number of rotatable bonds is 5. The van der Waals surface area contributed by atoms with Crippen LogP contribution in [0.2, 0.25) is 0 Å². The summed E-state index contributed by atoms with van der Waals surface area (Å²) in [5.41, 5.74) is -0.437. The predicted octanol–water partition coefficient (Wildman–Crippen LogP) is 2.43. The van der Waals surface area contributed by atoms with E-state index in [-0.39, 0.29) is 5.97 Å². The highest BCUT2D eigenvalue weighted by molar-refractivity contribution is 5.81. The van der Waals surface area contributed by atoms with E-state index in [1.165, 1.54) is 39.5 Å². The maximum Gasteiger partial charge on any atom is 0.326 e. The van der Waals surface area contributed by atoms with Crippen molar-refractivity contribution in [3.63, 3.8) is 0 Å². The molecule has 4 nitrogen and oxygen atoms in total. The van der Waals surface area contributed by atoms with Gasteiger partial charge in [-0.2, -0.15) is 0 Å². The molecule has 1 saturated carbocycles. The van der Waals surface area contributed by atoms with Crippen LogP contribution in [0.1, 0.15) is 51.9 Å². The van der Waals surface area contributed by atoms with Gasteiger partial charge in [-0.1, -0.05) is 13.3 Å². The highest BCUT2D eigenvalue weighted by atomic mass is 16.5. The minimum absolute atomic E-state index is 0.0722. The van der Waals surface area contributed by atoms with E-state index in [9.17, 15) is 4.79 Å². The Bertz CT molecular complexity index is 348. The van der Waals surface area contributed by atoms with Crippen LogP contribution in [0.5, 0.6) is 0 Å². The van der Waals surface area contributed by atoms with Gasteiger partial charge in [-0.05, 0) is 77.0 Å². The number of likely N-dealkylation sites (N-methyl/N-ethyl adjacent to an activating group) is 1. The number of hydrogen-bond acceptors (Lipinski definition) is 4. The maximum atomic E-state index is 12.2. The number of likely N-dealkylation sites (tertiary alicyclic amines) is 1. The summed E-state index contributed by atoms with van der Waals surface area (Å²) in [5, 5.41) is 3.29. The summed E-state index contributed by atoms with van der Waals surface area (Å²) in [6, 6.07) is 0. The Morgan fingerprint density at radius 3 is 2.81 bits per heavy atom. The van der Waals surface area contributed by atoms with Crippen LogP contribution in [-0.2, 0) is 9.53 Å². The van der Waals surface area contributed by atoms with Crippen molar-refractivity contribution < 1.29 is 9.53 Å². The van der Waals surface area contributed by atoms with Crippen molar-refractivity contribution in [2.75, 3.05) is 33.8 Å². The standard InChI is InChI=1S/C17H32N2O2/c1-14-6-5-11-19(12-8-14)13-9-15-7-4-10-17(15,18-2)16(20)21-3/h14-15,18H,4-13H2,1-3H3. The number of nitrogens with zero attached hydrogens (tertiary/aromatic N) is 1. The van der Waals surface area contributed by atoms with Crippen LogP contribution in [0.3, 0.4) is 0 Å². The van der Waals surface area contributed by atoms with Gasteiger partial charge in [0.2, 0.25) is 0 Å². The Kier molecular flexibility index (Phi) is 6.06. The smallest absolute Gasteiger partial charge is 0.326 e. The van der Waals surface area contributed by atoms with Gasteiger partial charge in [-0.25, -0.2) is 0 Å². The summed E-state index contributed by atoms with van der Waals surface area (Å²) in [7, 11) is 3.41. The number of ether oxygens (including phenoxy) is 1. The van der Waals surface area contributed by atoms with Crippen molar-refractivity contribution in [2.24, 2.45) is 11.8 Å². The number of hydrogen-bond donors (Lipinski definition) is 1. The average molecular weight is 296 g/mol. The largest absolute Gasteiger partial charge is 0.468 e. The lowest BCUT2D eigenvalue weighted by Gasteiger charge is -2.33. The number of nitrogens with one attached hydrogen (secondary N) is 1. The fourth-order valence-corrected chi connectivity index (χ4v) is 4.24. The summed E-state index contributed by atoms with van der Waals surface area (Å²) in [6.45, 7) is 5.93. The molecule has 3 atom stereocenters. The first-order chi connectivity index (χ1) is 10.1. The number of carbonyl (C=O) groups is 1. The molecule has 1 N–H and O–H groups in total. The van der Waals surface area contributed by atoms with Crippen molar-refractivity contribution in [3.8, 4) is 0 Å². The van der Waals surface area contributed by atoms with Crippen LogP contribution in [0.4, 0.5) is 0 Å². The fraction of sp³-hybridized carbons (Fsp3) is 0.941. The first-order valence-electron chi connectivity index (χ1n) is 8.62. The molecule has 2 fully saturated rings. The van der Waals surface area contributed by atoms with E-state index in [1.54, 1.807) is 0 Å². The van der Waals surface area contributed by atoms with E-state index in [0.717, 1.165) is 38.1 Å². The van der Waals surface area contributed by atoms with Gasteiger partial charge >= 0.3 is 5.97 Å². The van der Waals surface area contributed by atoms with Gasteiger partial charge in [0.25, 0.3) is 0 Å². The van der Waals surface area contributed by atoms with Crippen LogP contribution >= 0.6 is 0 Å². The number of carbonyl (C=O) groups excluding carboxylic acids is 1. The van der Waals surface area contributed by atoms with Crippen LogP contribution < -0.4 is 5.32 Å². The molecule has 2 rings (SSSR count). The van der Waals surface area contributed by atoms with Gasteiger partial charge in [-0.15, -0.1) is 0 Å². The molecule has 1 aliphatic heterocycles. The van der Waals surface area contributed by atoms with Crippen molar-refractivity contribution in [3.05, 3.63) is 0 Å². The molecule has 1 heterocycles. The molecule has 0 aromatic rings. The molecule has 21 heavy (non-hydrogen) atoms. The monoisotopic (exact) mass is 296 g/mol. The zero-order valence-corrected chi connectivity index (χ0v) is 14.0. The third-order valence-corrected chi connectivity index (χ3v) is 5.72. The molecule has 0 aromatic carbocycles. The van der Waals surface area contributed by atoms with Gasteiger partial charge in [0.1, 0.15) is 5.54 Å². The first kappa shape index (κ1) is 16.8. The Balaban J connectivity index is 1.90. The number of esters is 1. The zero-order chi connectivity index (χ0) is 15.3. The van der Waals surface area contributed by atoms with Gasteiger partial charge in [0.05, 0.1) is 7.11 Å². The first-order valence-corrected chi connectivity index (χ1v) is 8.62. The minimum atomic E-state index is -0.437. The Morgan fingerprint density at radius 2 is 2.10 bits per heavy atom. The Hall–Kier alpha value is -0.610. The third-order valence-electron chi connectivity index (χ3n) is 5.72. The fourth-order valence-electron chi connectivity index (χ4n) is 4.24. The molecule has 1 saturated heterocycles. The lowest BCUT2D eigenvalue weighted by atomic mass is 9.84. The highest BCUT2D eigenvalue weighted by Gasteiger charge is 2.48. The van der Waals surface area contributed by atoms with E-state index >= 15 is 0 Å². The summed E-state index contributed by atoms with van der Waals surface area (Å²) < 4.78 is 5.07. The molecule has 4 heteroatoms. The lowest BCUT2D eigenvalue weighted by Crippen LogP contribution is -2.54. The van der Waals surface area contributed by atoms with Crippen LogP contribution in [0.15, 0.2) is 0 Å². The maximum absolute atomic E-state index is 12.2. The molecule has 0 amide bonds. The molecule has 0 radical (unpaired) electrons. The second-order valence-corrected chi connectivity index (χ2v) is 6.97. The number of methoxy groups -OCH3 is 1. The second kappa shape index (κ2) is 7.59. The molecular formula is C17H32N2O2. The Labute approximate surface area is 129 Å². The van der Waals surface area contributed by atoms with Crippen molar-refractivity contribution in [1.29, 1.82) is 0 Å². The van der Waals surface area contributed by atoms with Crippen molar-refractivity contribution in [1.82, 2.24) is 10.2 Å². The van der Waals surface area contributed by atoms with Crippen LogP contribution in [-0.4, -0.2) is 50.2 Å². The highest BCUT2D eigenvalue weighted by Crippen LogP contribution is 2.38. The molecule has 0 spiro atoms. The van der Waals surface area contributed by atoms with Gasteiger partial charge < -0.3 is 15.0 Å². The quantitative estimate of drug-likeness (QED) is 0.791. The molecular weight excluding hydrogens is 264 g/mol. The third kappa shape index (κ3) is 3.78. The molecule has 122 valence electrons. The van der Waals surface area contributed by atoms with E-state index in [2.05, 4.69) is 17.1 Å². The minimum Gasteiger partial charge on any atom is -0.468 e. The van der Waals surface area contributed by atoms with E-state index in [4.69, 9.17) is 4.74 Å². The lowest BCUT2D eigenvalue weighted by molar-refractivity contribution is -0.150. The van der Waals surface area contributed by atoms with Crippen LogP contribution in [0, 0.1) is 11.8 Å². The van der Waals surface area contributed by atoms with E-state index < -0.39 is 5.54 Å². The van der Waals surface area contributed by atoms with Crippen molar-refractivity contribution in [2.45, 2.75) is 57.4 Å². The molecule has 0 aromatic heterocycles. The molecule has 0 bridgehead atoms. The molecule has 1 aliphatic carbocycles. The van der Waals surface area contributed by atoms with Gasteiger partial charge in [0.15, 0.2) is 0 Å². The van der Waals surface area contributed by atoms with Gasteiger partial charge in [0, 0.05) is 0 Å². The molecule has 3 unspecified atom stereocenters. The molecule has 2 aliphatic rings.